The number of aliphatic hydroxyl groups is 1. The molecule has 1 saturated carbocycles. The Morgan fingerprint density at radius 3 is 2.38 bits per heavy atom. The number of nitrogens with one attached hydrogen (secondary N) is 2. The molecule has 2 aliphatic rings. The first-order valence-corrected chi connectivity index (χ1v) is 10.3. The molecular formula is C21H33N3O2. The lowest BCUT2D eigenvalue weighted by molar-refractivity contribution is -0.120. The fraction of sp³-hybridized carbons (Fsp3) is 0.667. The number of benzene rings is 1. The molecular weight excluding hydrogens is 326 g/mol. The second kappa shape index (κ2) is 9.81. The minimum Gasteiger partial charge on any atom is -0.393 e. The summed E-state index contributed by atoms with van der Waals surface area (Å²) in [6.07, 6.45) is 10.0. The summed E-state index contributed by atoms with van der Waals surface area (Å²) in [5, 5.41) is 16.3. The fourth-order valence-electron chi connectivity index (χ4n) is 4.06. The van der Waals surface area contributed by atoms with Gasteiger partial charge in [-0.3, -0.25) is 4.79 Å². The summed E-state index contributed by atoms with van der Waals surface area (Å²) in [6.45, 7) is 2.02. The van der Waals surface area contributed by atoms with Crippen LogP contribution in [0.15, 0.2) is 24.3 Å². The van der Waals surface area contributed by atoms with Gasteiger partial charge in [0.1, 0.15) is 0 Å². The first-order valence-electron chi connectivity index (χ1n) is 10.3. The van der Waals surface area contributed by atoms with Crippen LogP contribution in [0.5, 0.6) is 0 Å². The van der Waals surface area contributed by atoms with E-state index in [1.165, 1.54) is 32.1 Å². The molecule has 1 heterocycles. The lowest BCUT2D eigenvalue weighted by Crippen LogP contribution is -2.39. The van der Waals surface area contributed by atoms with E-state index in [1.807, 2.05) is 18.2 Å². The van der Waals surface area contributed by atoms with Crippen LogP contribution in [0.25, 0.3) is 0 Å². The van der Waals surface area contributed by atoms with Crippen LogP contribution in [-0.4, -0.2) is 42.8 Å². The van der Waals surface area contributed by atoms with E-state index in [1.54, 1.807) is 0 Å². The molecule has 1 saturated heterocycles. The minimum atomic E-state index is -0.180. The molecule has 26 heavy (non-hydrogen) atoms. The Morgan fingerprint density at radius 2 is 1.65 bits per heavy atom. The van der Waals surface area contributed by atoms with Crippen molar-refractivity contribution < 1.29 is 9.90 Å². The predicted octanol–water partition coefficient (Wildman–Crippen LogP) is 3.29. The van der Waals surface area contributed by atoms with Gasteiger partial charge in [0.05, 0.1) is 24.0 Å². The Balaban J connectivity index is 1.51. The van der Waals surface area contributed by atoms with E-state index in [9.17, 15) is 9.90 Å². The van der Waals surface area contributed by atoms with Gasteiger partial charge in [-0.2, -0.15) is 0 Å². The van der Waals surface area contributed by atoms with E-state index >= 15 is 0 Å². The maximum atomic E-state index is 12.4. The van der Waals surface area contributed by atoms with Crippen molar-refractivity contribution in [1.82, 2.24) is 5.32 Å². The van der Waals surface area contributed by atoms with Gasteiger partial charge >= 0.3 is 0 Å². The van der Waals surface area contributed by atoms with Gasteiger partial charge < -0.3 is 20.6 Å². The lowest BCUT2D eigenvalue weighted by atomic mass is 9.97. The van der Waals surface area contributed by atoms with Crippen LogP contribution in [0.1, 0.15) is 57.8 Å². The molecule has 3 rings (SSSR count). The summed E-state index contributed by atoms with van der Waals surface area (Å²) in [5.74, 6) is 0.0828. The summed E-state index contributed by atoms with van der Waals surface area (Å²) >= 11 is 0. The third-order valence-corrected chi connectivity index (χ3v) is 5.62. The highest BCUT2D eigenvalue weighted by Crippen LogP contribution is 2.28. The molecule has 0 unspecified atom stereocenters. The number of carbonyl (C=O) groups is 1. The van der Waals surface area contributed by atoms with Crippen molar-refractivity contribution >= 4 is 17.3 Å². The van der Waals surface area contributed by atoms with Crippen molar-refractivity contribution in [2.45, 2.75) is 69.9 Å². The quantitative estimate of drug-likeness (QED) is 0.755. The summed E-state index contributed by atoms with van der Waals surface area (Å²) in [5.41, 5.74) is 2.12. The normalized spacial score (nSPS) is 20.3. The van der Waals surface area contributed by atoms with Gasteiger partial charge in [0.2, 0.25) is 5.91 Å². The number of aliphatic hydroxyl groups excluding tert-OH is 1. The highest BCUT2D eigenvalue weighted by atomic mass is 16.3. The van der Waals surface area contributed by atoms with Crippen LogP contribution in [0.2, 0.25) is 0 Å². The molecule has 1 aliphatic carbocycles. The first kappa shape index (κ1) is 19.0. The lowest BCUT2D eigenvalue weighted by Gasteiger charge is -2.33. The van der Waals surface area contributed by atoms with Gasteiger partial charge in [-0.25, -0.2) is 0 Å². The van der Waals surface area contributed by atoms with Crippen LogP contribution in [-0.2, 0) is 4.79 Å². The fourth-order valence-corrected chi connectivity index (χ4v) is 4.06. The van der Waals surface area contributed by atoms with Crippen molar-refractivity contribution in [3.8, 4) is 0 Å². The average molecular weight is 360 g/mol. The second-order valence-electron chi connectivity index (χ2n) is 7.70. The summed E-state index contributed by atoms with van der Waals surface area (Å²) in [6, 6.07) is 8.48. The molecule has 1 amide bonds. The van der Waals surface area contributed by atoms with Crippen molar-refractivity contribution in [2.75, 3.05) is 29.9 Å². The number of amides is 1. The zero-order valence-corrected chi connectivity index (χ0v) is 15.8. The SMILES string of the molecule is O=C(CNc1ccccc1N1CCC(O)CC1)NC1CCCCCCC1. The summed E-state index contributed by atoms with van der Waals surface area (Å²) in [4.78, 5) is 14.7. The van der Waals surface area contributed by atoms with E-state index in [0.29, 0.717) is 12.6 Å². The zero-order valence-electron chi connectivity index (χ0n) is 15.8. The van der Waals surface area contributed by atoms with Crippen LogP contribution in [0.4, 0.5) is 11.4 Å². The Kier molecular flexibility index (Phi) is 7.18. The third-order valence-electron chi connectivity index (χ3n) is 5.62. The first-order chi connectivity index (χ1) is 12.7. The topological polar surface area (TPSA) is 64.6 Å². The molecule has 144 valence electrons. The van der Waals surface area contributed by atoms with E-state index in [4.69, 9.17) is 0 Å². The van der Waals surface area contributed by atoms with Crippen LogP contribution in [0.3, 0.4) is 0 Å². The maximum Gasteiger partial charge on any atom is 0.239 e. The molecule has 3 N–H and O–H groups in total. The van der Waals surface area contributed by atoms with Gasteiger partial charge in [0.25, 0.3) is 0 Å². The van der Waals surface area contributed by atoms with Gasteiger partial charge in [0, 0.05) is 19.1 Å². The predicted molar refractivity (Wildman–Crippen MR) is 107 cm³/mol. The molecule has 0 aromatic heterocycles. The molecule has 1 aromatic rings. The number of piperidine rings is 1. The Hall–Kier alpha value is -1.75. The van der Waals surface area contributed by atoms with E-state index in [-0.39, 0.29) is 12.0 Å². The zero-order chi connectivity index (χ0) is 18.2. The highest BCUT2D eigenvalue weighted by molar-refractivity contribution is 5.83. The molecule has 0 atom stereocenters. The van der Waals surface area contributed by atoms with Gasteiger partial charge in [-0.1, -0.05) is 44.2 Å². The standard InChI is InChI=1S/C21H33N3O2/c25-18-12-14-24(15-13-18)20-11-7-6-10-19(20)22-16-21(26)23-17-8-4-2-1-3-5-9-17/h6-7,10-11,17-18,22,25H,1-5,8-9,12-16H2,(H,23,26). The molecule has 5 nitrogen and oxygen atoms in total. The number of hydrogen-bond acceptors (Lipinski definition) is 4. The summed E-state index contributed by atoms with van der Waals surface area (Å²) < 4.78 is 0. The number of anilines is 2. The molecule has 1 aromatic carbocycles. The largest absolute Gasteiger partial charge is 0.393 e. The van der Waals surface area contributed by atoms with Crippen molar-refractivity contribution in [1.29, 1.82) is 0 Å². The molecule has 0 radical (unpaired) electrons. The van der Waals surface area contributed by atoms with Crippen LogP contribution >= 0.6 is 0 Å². The van der Waals surface area contributed by atoms with Gasteiger partial charge in [0.15, 0.2) is 0 Å². The van der Waals surface area contributed by atoms with E-state index in [0.717, 1.165) is 50.1 Å². The molecule has 5 heteroatoms. The van der Waals surface area contributed by atoms with Gasteiger partial charge in [-0.15, -0.1) is 0 Å². The van der Waals surface area contributed by atoms with Gasteiger partial charge in [-0.05, 0) is 37.8 Å². The monoisotopic (exact) mass is 359 g/mol. The average Bonchev–Trinajstić information content (AvgIpc) is 2.63. The number of hydrogen-bond donors (Lipinski definition) is 3. The van der Waals surface area contributed by atoms with Crippen molar-refractivity contribution in [2.24, 2.45) is 0 Å². The molecule has 0 bridgehead atoms. The van der Waals surface area contributed by atoms with Crippen LogP contribution in [0, 0.1) is 0 Å². The smallest absolute Gasteiger partial charge is 0.239 e. The second-order valence-corrected chi connectivity index (χ2v) is 7.70. The molecule has 0 spiro atoms. The van der Waals surface area contributed by atoms with Crippen molar-refractivity contribution in [3.63, 3.8) is 0 Å². The van der Waals surface area contributed by atoms with Crippen LogP contribution < -0.4 is 15.5 Å². The van der Waals surface area contributed by atoms with E-state index in [2.05, 4.69) is 21.6 Å². The molecule has 1 aliphatic heterocycles. The summed E-state index contributed by atoms with van der Waals surface area (Å²) in [7, 11) is 0. The number of nitrogens with zero attached hydrogens (tertiary/aromatic N) is 1. The number of carbonyl (C=O) groups excluding carboxylic acids is 1. The Bertz CT molecular complexity index is 562. The Morgan fingerprint density at radius 1 is 1.00 bits per heavy atom. The van der Waals surface area contributed by atoms with Crippen molar-refractivity contribution in [3.05, 3.63) is 24.3 Å². The Labute approximate surface area is 157 Å². The molecule has 2 fully saturated rings. The minimum absolute atomic E-state index is 0.0828. The number of rotatable bonds is 5. The number of para-hydroxylation sites is 2. The third kappa shape index (κ3) is 5.63. The highest BCUT2D eigenvalue weighted by Gasteiger charge is 2.19. The maximum absolute atomic E-state index is 12.4. The van der Waals surface area contributed by atoms with E-state index < -0.39 is 0 Å².